The second-order valence-corrected chi connectivity index (χ2v) is 6.61. The standard InChI is InChI=1S/C14H18BrFN2O3/c1-13(2,11(19)20)14(3,4)18-12(21)17-10-7-8(16)5-6-9(10)15/h5-7H,1-4H3,(H,19,20)(H2,17,18,21). The van der Waals surface area contributed by atoms with Crippen molar-refractivity contribution in [1.29, 1.82) is 0 Å². The monoisotopic (exact) mass is 360 g/mol. The molecule has 116 valence electrons. The van der Waals surface area contributed by atoms with Gasteiger partial charge in [-0.05, 0) is 61.8 Å². The Kier molecular flexibility index (Phi) is 4.99. The molecule has 1 aromatic rings. The number of halogens is 2. The Morgan fingerprint density at radius 3 is 2.33 bits per heavy atom. The normalized spacial score (nSPS) is 11.9. The lowest BCUT2D eigenvalue weighted by Crippen LogP contribution is -2.57. The van der Waals surface area contributed by atoms with Crippen LogP contribution in [0, 0.1) is 11.2 Å². The molecule has 2 amide bonds. The maximum absolute atomic E-state index is 13.2. The molecule has 0 unspecified atom stereocenters. The Bertz CT molecular complexity index is 573. The summed E-state index contributed by atoms with van der Waals surface area (Å²) in [6, 6.07) is 3.28. The third kappa shape index (κ3) is 3.93. The Hall–Kier alpha value is -1.63. The molecule has 0 fully saturated rings. The minimum Gasteiger partial charge on any atom is -0.481 e. The first-order valence-electron chi connectivity index (χ1n) is 6.25. The molecule has 0 saturated carbocycles. The molecule has 3 N–H and O–H groups in total. The molecule has 0 atom stereocenters. The largest absolute Gasteiger partial charge is 0.481 e. The Labute approximate surface area is 131 Å². The van der Waals surface area contributed by atoms with Gasteiger partial charge in [0.25, 0.3) is 0 Å². The molecule has 7 heteroatoms. The number of aliphatic carboxylic acids is 1. The van der Waals surface area contributed by atoms with E-state index in [-0.39, 0.29) is 5.69 Å². The summed E-state index contributed by atoms with van der Waals surface area (Å²) in [5.74, 6) is -1.52. The van der Waals surface area contributed by atoms with E-state index in [1.54, 1.807) is 13.8 Å². The molecule has 0 aliphatic heterocycles. The van der Waals surface area contributed by atoms with Crippen molar-refractivity contribution in [2.75, 3.05) is 5.32 Å². The number of amides is 2. The van der Waals surface area contributed by atoms with E-state index in [1.807, 2.05) is 0 Å². The number of carboxylic acids is 1. The number of rotatable bonds is 4. The van der Waals surface area contributed by atoms with Crippen LogP contribution in [-0.2, 0) is 4.79 Å². The van der Waals surface area contributed by atoms with Gasteiger partial charge in [0.15, 0.2) is 0 Å². The highest BCUT2D eigenvalue weighted by Crippen LogP contribution is 2.31. The Balaban J connectivity index is 2.87. The maximum Gasteiger partial charge on any atom is 0.319 e. The summed E-state index contributed by atoms with van der Waals surface area (Å²) in [4.78, 5) is 23.3. The lowest BCUT2D eigenvalue weighted by atomic mass is 9.74. The van der Waals surface area contributed by atoms with Gasteiger partial charge in [0, 0.05) is 4.47 Å². The van der Waals surface area contributed by atoms with Gasteiger partial charge in [0.2, 0.25) is 0 Å². The van der Waals surface area contributed by atoms with Crippen molar-refractivity contribution in [3.63, 3.8) is 0 Å². The summed E-state index contributed by atoms with van der Waals surface area (Å²) in [6.45, 7) is 6.27. The molecule has 0 aliphatic carbocycles. The van der Waals surface area contributed by atoms with E-state index in [2.05, 4.69) is 26.6 Å². The van der Waals surface area contributed by atoms with Crippen LogP contribution in [0.2, 0.25) is 0 Å². The molecule has 1 aromatic carbocycles. The minimum atomic E-state index is -1.18. The molecular weight excluding hydrogens is 343 g/mol. The molecule has 21 heavy (non-hydrogen) atoms. The van der Waals surface area contributed by atoms with Crippen molar-refractivity contribution in [3.8, 4) is 0 Å². The molecule has 0 spiro atoms. The Morgan fingerprint density at radius 1 is 1.24 bits per heavy atom. The van der Waals surface area contributed by atoms with Crippen molar-refractivity contribution < 1.29 is 19.1 Å². The number of urea groups is 1. The van der Waals surface area contributed by atoms with E-state index >= 15 is 0 Å². The lowest BCUT2D eigenvalue weighted by Gasteiger charge is -2.38. The fourth-order valence-electron chi connectivity index (χ4n) is 1.45. The van der Waals surface area contributed by atoms with Crippen molar-refractivity contribution in [3.05, 3.63) is 28.5 Å². The molecule has 1 rings (SSSR count). The van der Waals surface area contributed by atoms with Crippen molar-refractivity contribution in [1.82, 2.24) is 5.32 Å². The first kappa shape index (κ1) is 17.4. The van der Waals surface area contributed by atoms with Gasteiger partial charge in [-0.15, -0.1) is 0 Å². The van der Waals surface area contributed by atoms with Gasteiger partial charge in [-0.2, -0.15) is 0 Å². The number of hydrogen-bond acceptors (Lipinski definition) is 2. The van der Waals surface area contributed by atoms with Crippen LogP contribution in [0.3, 0.4) is 0 Å². The number of carbonyl (C=O) groups is 2. The summed E-state index contributed by atoms with van der Waals surface area (Å²) in [5, 5.41) is 14.3. The molecule has 0 radical (unpaired) electrons. The lowest BCUT2D eigenvalue weighted by molar-refractivity contribution is -0.150. The summed E-state index contributed by atoms with van der Waals surface area (Å²) < 4.78 is 13.7. The van der Waals surface area contributed by atoms with E-state index in [0.717, 1.165) is 0 Å². The van der Waals surface area contributed by atoms with Crippen LogP contribution < -0.4 is 10.6 Å². The predicted molar refractivity (Wildman–Crippen MR) is 81.8 cm³/mol. The van der Waals surface area contributed by atoms with Crippen LogP contribution in [0.15, 0.2) is 22.7 Å². The van der Waals surface area contributed by atoms with Crippen LogP contribution in [0.5, 0.6) is 0 Å². The van der Waals surface area contributed by atoms with E-state index < -0.39 is 28.8 Å². The van der Waals surface area contributed by atoms with Gasteiger partial charge in [0.1, 0.15) is 5.82 Å². The van der Waals surface area contributed by atoms with Gasteiger partial charge >= 0.3 is 12.0 Å². The van der Waals surface area contributed by atoms with E-state index in [9.17, 15) is 19.1 Å². The van der Waals surface area contributed by atoms with Crippen LogP contribution in [0.25, 0.3) is 0 Å². The van der Waals surface area contributed by atoms with Gasteiger partial charge in [-0.1, -0.05) is 0 Å². The molecule has 0 saturated heterocycles. The van der Waals surface area contributed by atoms with Gasteiger partial charge in [0.05, 0.1) is 16.6 Å². The summed E-state index contributed by atoms with van der Waals surface area (Å²) in [5.41, 5.74) is -1.93. The van der Waals surface area contributed by atoms with E-state index in [1.165, 1.54) is 32.0 Å². The number of anilines is 1. The summed E-state index contributed by atoms with van der Waals surface area (Å²) >= 11 is 3.20. The summed E-state index contributed by atoms with van der Waals surface area (Å²) in [6.07, 6.45) is 0. The zero-order valence-electron chi connectivity index (χ0n) is 12.3. The van der Waals surface area contributed by atoms with Crippen LogP contribution in [0.4, 0.5) is 14.9 Å². The smallest absolute Gasteiger partial charge is 0.319 e. The van der Waals surface area contributed by atoms with Crippen LogP contribution >= 0.6 is 15.9 Å². The number of nitrogens with one attached hydrogen (secondary N) is 2. The molecule has 0 heterocycles. The maximum atomic E-state index is 13.2. The van der Waals surface area contributed by atoms with Crippen molar-refractivity contribution >= 4 is 33.6 Å². The van der Waals surface area contributed by atoms with Crippen molar-refractivity contribution in [2.45, 2.75) is 33.2 Å². The third-order valence-electron chi connectivity index (χ3n) is 3.70. The first-order chi connectivity index (χ1) is 9.47. The fraction of sp³-hybridized carbons (Fsp3) is 0.429. The zero-order chi connectivity index (χ0) is 16.4. The second-order valence-electron chi connectivity index (χ2n) is 5.76. The van der Waals surface area contributed by atoms with Gasteiger partial charge in [-0.25, -0.2) is 9.18 Å². The average Bonchev–Trinajstić information content (AvgIpc) is 2.32. The number of hydrogen-bond donors (Lipinski definition) is 3. The topological polar surface area (TPSA) is 78.4 Å². The van der Waals surface area contributed by atoms with Gasteiger partial charge < -0.3 is 15.7 Å². The highest BCUT2D eigenvalue weighted by Gasteiger charge is 2.44. The SMILES string of the molecule is CC(C)(NC(=O)Nc1cc(F)ccc1Br)C(C)(C)C(=O)O. The molecule has 0 aliphatic rings. The molecule has 5 nitrogen and oxygen atoms in total. The molecule has 0 aromatic heterocycles. The van der Waals surface area contributed by atoms with Gasteiger partial charge in [-0.3, -0.25) is 4.79 Å². The fourth-order valence-corrected chi connectivity index (χ4v) is 1.80. The van der Waals surface area contributed by atoms with Crippen LogP contribution in [-0.4, -0.2) is 22.6 Å². The zero-order valence-corrected chi connectivity index (χ0v) is 13.8. The predicted octanol–water partition coefficient (Wildman–Crippen LogP) is 3.60. The van der Waals surface area contributed by atoms with E-state index in [0.29, 0.717) is 4.47 Å². The highest BCUT2D eigenvalue weighted by atomic mass is 79.9. The number of benzene rings is 1. The highest BCUT2D eigenvalue weighted by molar-refractivity contribution is 9.10. The van der Waals surface area contributed by atoms with Crippen molar-refractivity contribution in [2.24, 2.45) is 5.41 Å². The van der Waals surface area contributed by atoms with E-state index in [4.69, 9.17) is 0 Å². The number of carboxylic acid groups (broad SMARTS) is 1. The van der Waals surface area contributed by atoms with Crippen LogP contribution in [0.1, 0.15) is 27.7 Å². The molecular formula is C14H18BrFN2O3. The second kappa shape index (κ2) is 6.01. The minimum absolute atomic E-state index is 0.261. The number of carbonyl (C=O) groups excluding carboxylic acids is 1. The quantitative estimate of drug-likeness (QED) is 0.767. The average molecular weight is 361 g/mol. The molecule has 0 bridgehead atoms. The Morgan fingerprint density at radius 2 is 1.81 bits per heavy atom. The summed E-state index contributed by atoms with van der Waals surface area (Å²) in [7, 11) is 0. The first-order valence-corrected chi connectivity index (χ1v) is 7.04. The third-order valence-corrected chi connectivity index (χ3v) is 4.39.